The first kappa shape index (κ1) is 10.6. The van der Waals surface area contributed by atoms with Crippen molar-refractivity contribution < 1.29 is 14.6 Å². The first-order chi connectivity index (χ1) is 8.24. The molecule has 0 radical (unpaired) electrons. The minimum absolute atomic E-state index is 0.0338. The number of nitrogens with one attached hydrogen (secondary N) is 1. The van der Waals surface area contributed by atoms with Crippen LogP contribution in [-0.4, -0.2) is 33.8 Å². The van der Waals surface area contributed by atoms with Gasteiger partial charge in [-0.25, -0.2) is 0 Å². The van der Waals surface area contributed by atoms with E-state index in [4.69, 9.17) is 9.84 Å². The van der Waals surface area contributed by atoms with Crippen molar-refractivity contribution >= 4 is 5.97 Å². The number of ether oxygens (including phenoxy) is 1. The summed E-state index contributed by atoms with van der Waals surface area (Å²) in [5.74, 6) is -0.974. The van der Waals surface area contributed by atoms with E-state index >= 15 is 0 Å². The van der Waals surface area contributed by atoms with Crippen LogP contribution in [-0.2, 0) is 11.3 Å². The fourth-order valence-electron chi connectivity index (χ4n) is 2.46. The third-order valence-corrected chi connectivity index (χ3v) is 3.43. The summed E-state index contributed by atoms with van der Waals surface area (Å²) in [7, 11) is 0. The second-order valence-electron chi connectivity index (χ2n) is 4.56. The third-order valence-electron chi connectivity index (χ3n) is 3.43. The minimum Gasteiger partial charge on any atom is -0.481 e. The van der Waals surface area contributed by atoms with Crippen LogP contribution in [0.1, 0.15) is 24.6 Å². The van der Waals surface area contributed by atoms with Crippen molar-refractivity contribution in [2.24, 2.45) is 5.92 Å². The molecule has 1 aromatic heterocycles. The fraction of sp³-hybridized carbons (Fsp3) is 0.636. The summed E-state index contributed by atoms with van der Waals surface area (Å²) < 4.78 is 7.33. The molecule has 2 unspecified atom stereocenters. The molecule has 17 heavy (non-hydrogen) atoms. The van der Waals surface area contributed by atoms with Crippen LogP contribution < -0.4 is 10.1 Å². The SMILES string of the molecule is O=C(O)C1CCNC(c2cn3c(n2)OCC3)C1. The predicted octanol–water partition coefficient (Wildman–Crippen LogP) is 0.401. The highest BCUT2D eigenvalue weighted by molar-refractivity contribution is 5.70. The van der Waals surface area contributed by atoms with Crippen molar-refractivity contribution in [2.45, 2.75) is 25.4 Å². The first-order valence-corrected chi connectivity index (χ1v) is 5.90. The van der Waals surface area contributed by atoms with E-state index in [1.165, 1.54) is 0 Å². The summed E-state index contributed by atoms with van der Waals surface area (Å²) in [6.45, 7) is 2.24. The van der Waals surface area contributed by atoms with Crippen LogP contribution in [0.5, 0.6) is 6.01 Å². The second kappa shape index (κ2) is 4.03. The van der Waals surface area contributed by atoms with E-state index in [1.807, 2.05) is 10.8 Å². The largest absolute Gasteiger partial charge is 0.481 e. The zero-order valence-electron chi connectivity index (χ0n) is 9.43. The Morgan fingerprint density at radius 2 is 2.53 bits per heavy atom. The number of carboxylic acids is 1. The van der Waals surface area contributed by atoms with Gasteiger partial charge in [0.1, 0.15) is 6.61 Å². The van der Waals surface area contributed by atoms with Crippen LogP contribution in [0.25, 0.3) is 0 Å². The van der Waals surface area contributed by atoms with Crippen LogP contribution in [0.3, 0.4) is 0 Å². The average molecular weight is 237 g/mol. The van der Waals surface area contributed by atoms with Crippen molar-refractivity contribution in [3.8, 4) is 6.01 Å². The molecule has 2 atom stereocenters. The first-order valence-electron chi connectivity index (χ1n) is 5.90. The number of carboxylic acid groups (broad SMARTS) is 1. The molecular weight excluding hydrogens is 222 g/mol. The number of nitrogens with zero attached hydrogens (tertiary/aromatic N) is 2. The van der Waals surface area contributed by atoms with Gasteiger partial charge in [0.2, 0.25) is 0 Å². The molecule has 1 fully saturated rings. The molecule has 0 bridgehead atoms. The van der Waals surface area contributed by atoms with Crippen molar-refractivity contribution in [1.29, 1.82) is 0 Å². The quantitative estimate of drug-likeness (QED) is 0.778. The third kappa shape index (κ3) is 1.88. The Hall–Kier alpha value is -1.56. The molecule has 2 N–H and O–H groups in total. The summed E-state index contributed by atoms with van der Waals surface area (Å²) in [6, 6.07) is 0.686. The van der Waals surface area contributed by atoms with Gasteiger partial charge in [-0.2, -0.15) is 4.98 Å². The van der Waals surface area contributed by atoms with Gasteiger partial charge in [-0.05, 0) is 19.4 Å². The molecule has 2 aliphatic rings. The van der Waals surface area contributed by atoms with Crippen molar-refractivity contribution in [1.82, 2.24) is 14.9 Å². The number of piperidine rings is 1. The summed E-state index contributed by atoms with van der Waals surface area (Å²) >= 11 is 0. The Bertz CT molecular complexity index is 422. The Kier molecular flexibility index (Phi) is 2.51. The number of hydrogen-bond acceptors (Lipinski definition) is 4. The number of fused-ring (bicyclic) bond motifs is 1. The molecule has 3 rings (SSSR count). The number of aromatic nitrogens is 2. The molecule has 6 nitrogen and oxygen atoms in total. The summed E-state index contributed by atoms with van der Waals surface area (Å²) in [6.07, 6.45) is 3.26. The van der Waals surface area contributed by atoms with Gasteiger partial charge in [0.15, 0.2) is 0 Å². The standard InChI is InChI=1S/C11H15N3O3/c15-10(16)7-1-2-12-8(5-7)9-6-14-3-4-17-11(14)13-9/h6-8,12H,1-5H2,(H,15,16). The Labute approximate surface area is 98.6 Å². The highest BCUT2D eigenvalue weighted by Gasteiger charge is 2.30. The summed E-state index contributed by atoms with van der Waals surface area (Å²) in [4.78, 5) is 15.4. The lowest BCUT2D eigenvalue weighted by atomic mass is 9.91. The van der Waals surface area contributed by atoms with Gasteiger partial charge < -0.3 is 15.2 Å². The Morgan fingerprint density at radius 3 is 3.29 bits per heavy atom. The van der Waals surface area contributed by atoms with Crippen molar-refractivity contribution in [3.63, 3.8) is 0 Å². The molecule has 0 saturated carbocycles. The van der Waals surface area contributed by atoms with Gasteiger partial charge in [-0.1, -0.05) is 0 Å². The van der Waals surface area contributed by atoms with E-state index in [0.717, 1.165) is 18.8 Å². The minimum atomic E-state index is -0.709. The lowest BCUT2D eigenvalue weighted by molar-refractivity contribution is -0.143. The van der Waals surface area contributed by atoms with Gasteiger partial charge >= 0.3 is 5.97 Å². The lowest BCUT2D eigenvalue weighted by Crippen LogP contribution is -2.35. The summed E-state index contributed by atoms with van der Waals surface area (Å²) in [5, 5.41) is 12.4. The van der Waals surface area contributed by atoms with Gasteiger partial charge in [0.25, 0.3) is 6.01 Å². The van der Waals surface area contributed by atoms with Crippen LogP contribution >= 0.6 is 0 Å². The van der Waals surface area contributed by atoms with E-state index in [0.29, 0.717) is 25.5 Å². The molecule has 2 aliphatic heterocycles. The molecule has 0 spiro atoms. The van der Waals surface area contributed by atoms with Crippen molar-refractivity contribution in [3.05, 3.63) is 11.9 Å². The molecule has 0 aromatic carbocycles. The van der Waals surface area contributed by atoms with Crippen LogP contribution in [0.15, 0.2) is 6.20 Å². The predicted molar refractivity (Wildman–Crippen MR) is 58.8 cm³/mol. The zero-order chi connectivity index (χ0) is 11.8. The molecule has 1 saturated heterocycles. The highest BCUT2D eigenvalue weighted by Crippen LogP contribution is 2.29. The molecule has 92 valence electrons. The molecule has 3 heterocycles. The average Bonchev–Trinajstić information content (AvgIpc) is 2.89. The maximum Gasteiger partial charge on any atom is 0.306 e. The van der Waals surface area contributed by atoms with Crippen LogP contribution in [0.4, 0.5) is 0 Å². The number of imidazole rings is 1. The molecule has 1 aromatic rings. The van der Waals surface area contributed by atoms with Crippen molar-refractivity contribution in [2.75, 3.05) is 13.2 Å². The summed E-state index contributed by atoms with van der Waals surface area (Å²) in [5.41, 5.74) is 0.894. The van der Waals surface area contributed by atoms with Crippen LogP contribution in [0.2, 0.25) is 0 Å². The fourth-order valence-corrected chi connectivity index (χ4v) is 2.46. The normalized spacial score (nSPS) is 27.5. The molecule has 6 heteroatoms. The molecule has 0 aliphatic carbocycles. The second-order valence-corrected chi connectivity index (χ2v) is 4.56. The van der Waals surface area contributed by atoms with Gasteiger partial charge in [0.05, 0.1) is 24.2 Å². The van der Waals surface area contributed by atoms with E-state index in [2.05, 4.69) is 10.3 Å². The number of carbonyl (C=O) groups is 1. The van der Waals surface area contributed by atoms with Gasteiger partial charge in [0, 0.05) is 6.20 Å². The monoisotopic (exact) mass is 237 g/mol. The molecular formula is C11H15N3O3. The lowest BCUT2D eigenvalue weighted by Gasteiger charge is -2.26. The smallest absolute Gasteiger partial charge is 0.306 e. The highest BCUT2D eigenvalue weighted by atomic mass is 16.5. The molecule has 0 amide bonds. The van der Waals surface area contributed by atoms with E-state index in [1.54, 1.807) is 0 Å². The van der Waals surface area contributed by atoms with E-state index in [9.17, 15) is 4.79 Å². The Morgan fingerprint density at radius 1 is 1.65 bits per heavy atom. The van der Waals surface area contributed by atoms with Gasteiger partial charge in [-0.15, -0.1) is 0 Å². The van der Waals surface area contributed by atoms with E-state index in [-0.39, 0.29) is 12.0 Å². The maximum atomic E-state index is 11.0. The maximum absolute atomic E-state index is 11.0. The van der Waals surface area contributed by atoms with Crippen LogP contribution in [0, 0.1) is 5.92 Å². The zero-order valence-corrected chi connectivity index (χ0v) is 9.43. The van der Waals surface area contributed by atoms with Gasteiger partial charge in [-0.3, -0.25) is 9.36 Å². The topological polar surface area (TPSA) is 76.4 Å². The number of aliphatic carboxylic acids is 1. The van der Waals surface area contributed by atoms with E-state index < -0.39 is 5.97 Å². The number of rotatable bonds is 2. The Balaban J connectivity index is 1.76. The number of hydrogen-bond donors (Lipinski definition) is 2.